The summed E-state index contributed by atoms with van der Waals surface area (Å²) in [6, 6.07) is 8.08. The highest BCUT2D eigenvalue weighted by molar-refractivity contribution is 5.94. The molecule has 1 aromatic carbocycles. The molecule has 3 aliphatic rings. The van der Waals surface area contributed by atoms with Crippen molar-refractivity contribution in [3.05, 3.63) is 47.8 Å². The Kier molecular flexibility index (Phi) is 7.86. The summed E-state index contributed by atoms with van der Waals surface area (Å²) in [6.45, 7) is 8.47. The van der Waals surface area contributed by atoms with Gasteiger partial charge in [0.15, 0.2) is 5.82 Å². The molecule has 0 unspecified atom stereocenters. The second-order valence-electron chi connectivity index (χ2n) is 11.9. The number of nitrogens with zero attached hydrogens (tertiary/aromatic N) is 5. The summed E-state index contributed by atoms with van der Waals surface area (Å²) in [7, 11) is 0. The van der Waals surface area contributed by atoms with Crippen LogP contribution in [0.25, 0.3) is 11.4 Å². The molecule has 0 spiro atoms. The molecule has 2 aromatic rings. The summed E-state index contributed by atoms with van der Waals surface area (Å²) in [5.74, 6) is 0.679. The highest BCUT2D eigenvalue weighted by atomic mass is 16.6. The Balaban J connectivity index is 1.19. The molecule has 0 bridgehead atoms. The number of hydrogen-bond acceptors (Lipinski definition) is 6. The Morgan fingerprint density at radius 1 is 0.872 bits per heavy atom. The molecular formula is C30H39N5O4. The van der Waals surface area contributed by atoms with E-state index in [9.17, 15) is 14.4 Å². The summed E-state index contributed by atoms with van der Waals surface area (Å²) >= 11 is 0. The number of hydrogen-bond donors (Lipinski definition) is 0. The molecule has 1 aromatic heterocycles. The number of amides is 3. The average molecular weight is 534 g/mol. The van der Waals surface area contributed by atoms with Gasteiger partial charge in [0.25, 0.3) is 5.91 Å². The van der Waals surface area contributed by atoms with Gasteiger partial charge in [0.05, 0.1) is 12.0 Å². The van der Waals surface area contributed by atoms with E-state index in [4.69, 9.17) is 4.74 Å². The Labute approximate surface area is 230 Å². The van der Waals surface area contributed by atoms with Gasteiger partial charge in [-0.05, 0) is 64.9 Å². The fourth-order valence-corrected chi connectivity index (χ4v) is 5.40. The van der Waals surface area contributed by atoms with Gasteiger partial charge >= 0.3 is 6.09 Å². The van der Waals surface area contributed by atoms with Crippen LogP contribution in [0.15, 0.2) is 36.7 Å². The molecule has 5 rings (SSSR count). The van der Waals surface area contributed by atoms with Crippen LogP contribution in [-0.4, -0.2) is 86.4 Å². The van der Waals surface area contributed by atoms with Crippen molar-refractivity contribution in [1.29, 1.82) is 0 Å². The second-order valence-corrected chi connectivity index (χ2v) is 11.9. The van der Waals surface area contributed by atoms with Gasteiger partial charge < -0.3 is 19.4 Å². The van der Waals surface area contributed by atoms with Crippen LogP contribution in [0.4, 0.5) is 4.79 Å². The van der Waals surface area contributed by atoms with Gasteiger partial charge in [-0.15, -0.1) is 0 Å². The van der Waals surface area contributed by atoms with Gasteiger partial charge in [0.2, 0.25) is 5.91 Å². The van der Waals surface area contributed by atoms with Crippen LogP contribution in [0.3, 0.4) is 0 Å². The summed E-state index contributed by atoms with van der Waals surface area (Å²) in [6.07, 6.45) is 8.98. The first kappa shape index (κ1) is 27.1. The van der Waals surface area contributed by atoms with Crippen molar-refractivity contribution in [2.24, 2.45) is 0 Å². The lowest BCUT2D eigenvalue weighted by Crippen LogP contribution is -2.50. The van der Waals surface area contributed by atoms with Crippen LogP contribution in [-0.2, 0) is 16.0 Å². The normalized spacial score (nSPS) is 18.2. The van der Waals surface area contributed by atoms with Crippen LogP contribution in [0.5, 0.6) is 0 Å². The molecule has 0 N–H and O–H groups in total. The predicted octanol–water partition coefficient (Wildman–Crippen LogP) is 4.31. The van der Waals surface area contributed by atoms with Crippen molar-refractivity contribution in [2.45, 2.75) is 83.4 Å². The van der Waals surface area contributed by atoms with E-state index < -0.39 is 5.60 Å². The van der Waals surface area contributed by atoms with Crippen molar-refractivity contribution >= 4 is 17.9 Å². The molecule has 0 radical (unpaired) electrons. The number of likely N-dealkylation sites (tertiary alicyclic amines) is 2. The van der Waals surface area contributed by atoms with Crippen LogP contribution in [0, 0.1) is 0 Å². The number of piperidine rings is 1. The van der Waals surface area contributed by atoms with E-state index in [0.29, 0.717) is 30.9 Å². The fourth-order valence-electron chi connectivity index (χ4n) is 5.40. The summed E-state index contributed by atoms with van der Waals surface area (Å²) in [4.78, 5) is 53.1. The zero-order chi connectivity index (χ0) is 27.6. The van der Waals surface area contributed by atoms with E-state index in [1.807, 2.05) is 54.8 Å². The number of rotatable bonds is 6. The number of carbonyl (C=O) groups excluding carboxylic acids is 3. The molecular weight excluding hydrogens is 494 g/mol. The molecule has 2 aliphatic heterocycles. The van der Waals surface area contributed by atoms with E-state index in [-0.39, 0.29) is 30.0 Å². The van der Waals surface area contributed by atoms with E-state index in [1.54, 1.807) is 17.3 Å². The third kappa shape index (κ3) is 6.75. The average Bonchev–Trinajstić information content (AvgIpc) is 3.59. The predicted molar refractivity (Wildman–Crippen MR) is 147 cm³/mol. The van der Waals surface area contributed by atoms with E-state index in [0.717, 1.165) is 62.7 Å². The first-order valence-corrected chi connectivity index (χ1v) is 14.2. The molecule has 0 atom stereocenters. The lowest BCUT2D eigenvalue weighted by atomic mass is 10.0. The minimum absolute atomic E-state index is 0.0458. The molecule has 208 valence electrons. The summed E-state index contributed by atoms with van der Waals surface area (Å²) in [5.41, 5.74) is 1.78. The highest BCUT2D eigenvalue weighted by Crippen LogP contribution is 2.33. The Bertz CT molecular complexity index is 1170. The van der Waals surface area contributed by atoms with E-state index >= 15 is 0 Å². The maximum Gasteiger partial charge on any atom is 0.410 e. The highest BCUT2D eigenvalue weighted by Gasteiger charge is 2.40. The minimum atomic E-state index is -0.523. The largest absolute Gasteiger partial charge is 0.444 e. The quantitative estimate of drug-likeness (QED) is 0.549. The maximum atomic E-state index is 13.5. The third-order valence-electron chi connectivity index (χ3n) is 7.61. The van der Waals surface area contributed by atoms with Crippen LogP contribution in [0.2, 0.25) is 0 Å². The van der Waals surface area contributed by atoms with Gasteiger partial charge in [-0.25, -0.2) is 14.8 Å². The van der Waals surface area contributed by atoms with Crippen molar-refractivity contribution in [1.82, 2.24) is 24.7 Å². The molecule has 1 aliphatic carbocycles. The molecule has 2 saturated heterocycles. The maximum absolute atomic E-state index is 13.5. The van der Waals surface area contributed by atoms with Gasteiger partial charge in [0, 0.05) is 56.2 Å². The molecule has 9 heteroatoms. The Morgan fingerprint density at radius 3 is 2.03 bits per heavy atom. The minimum Gasteiger partial charge on any atom is -0.444 e. The zero-order valence-electron chi connectivity index (χ0n) is 23.3. The smallest absolute Gasteiger partial charge is 0.410 e. The summed E-state index contributed by atoms with van der Waals surface area (Å²) in [5, 5.41) is 0. The molecule has 1 saturated carbocycles. The second kappa shape index (κ2) is 11.3. The topological polar surface area (TPSA) is 95.9 Å². The molecule has 9 nitrogen and oxygen atoms in total. The van der Waals surface area contributed by atoms with Crippen LogP contribution < -0.4 is 0 Å². The van der Waals surface area contributed by atoms with Crippen LogP contribution in [0.1, 0.15) is 75.2 Å². The van der Waals surface area contributed by atoms with Crippen LogP contribution >= 0.6 is 0 Å². The number of ether oxygens (including phenoxy) is 1. The first-order valence-electron chi connectivity index (χ1n) is 14.2. The Hall–Kier alpha value is -3.49. The van der Waals surface area contributed by atoms with Crippen molar-refractivity contribution in [3.8, 4) is 11.4 Å². The number of benzene rings is 1. The fraction of sp³-hybridized carbons (Fsp3) is 0.567. The molecule has 39 heavy (non-hydrogen) atoms. The van der Waals surface area contributed by atoms with Crippen molar-refractivity contribution in [3.63, 3.8) is 0 Å². The lowest BCUT2D eigenvalue weighted by molar-refractivity contribution is -0.129. The number of aromatic nitrogens is 2. The standard InChI is InChI=1S/C30H39N5O4/c1-30(2,3)39-29(38)34-16-12-25(13-17-34)35(24-10-11-24)28(37)23-19-31-27(32-20-23)22-8-6-21(7-9-22)18-26(36)33-14-4-5-15-33/h6-9,19-20,24-25H,4-5,10-18H2,1-3H3. The molecule has 3 amide bonds. The zero-order valence-corrected chi connectivity index (χ0v) is 23.3. The first-order chi connectivity index (χ1) is 18.7. The molecule has 3 fully saturated rings. The SMILES string of the molecule is CC(C)(C)OC(=O)N1CCC(N(C(=O)c2cnc(-c3ccc(CC(=O)N4CCCC4)cc3)nc2)C2CC2)CC1. The molecule has 3 heterocycles. The van der Waals surface area contributed by atoms with Gasteiger partial charge in [-0.1, -0.05) is 24.3 Å². The monoisotopic (exact) mass is 533 g/mol. The third-order valence-corrected chi connectivity index (χ3v) is 7.61. The van der Waals surface area contributed by atoms with Gasteiger partial charge in [-0.2, -0.15) is 0 Å². The van der Waals surface area contributed by atoms with E-state index in [1.165, 1.54) is 0 Å². The van der Waals surface area contributed by atoms with Gasteiger partial charge in [0.1, 0.15) is 5.60 Å². The Morgan fingerprint density at radius 2 is 1.46 bits per heavy atom. The van der Waals surface area contributed by atoms with E-state index in [2.05, 4.69) is 9.97 Å². The lowest BCUT2D eigenvalue weighted by Gasteiger charge is -2.39. The van der Waals surface area contributed by atoms with Crippen molar-refractivity contribution in [2.75, 3.05) is 26.2 Å². The number of carbonyl (C=O) groups is 3. The van der Waals surface area contributed by atoms with Crippen molar-refractivity contribution < 1.29 is 19.1 Å². The summed E-state index contributed by atoms with van der Waals surface area (Å²) < 4.78 is 5.51. The van der Waals surface area contributed by atoms with Gasteiger partial charge in [-0.3, -0.25) is 9.59 Å².